The SMILES string of the molecule is CC(C)(C)[Si](C)(C)OC(CF)COC1CC([C@@H]2C=CC3=CC(N)=CC[C@@H]3N2)=CNC1N. The molecule has 0 bridgehead atoms. The predicted molar refractivity (Wildman–Crippen MR) is 126 cm³/mol. The van der Waals surface area contributed by atoms with Crippen molar-refractivity contribution in [3.8, 4) is 0 Å². The molecule has 174 valence electrons. The quantitative estimate of drug-likeness (QED) is 0.446. The first-order valence-corrected chi connectivity index (χ1v) is 14.1. The largest absolute Gasteiger partial charge is 0.409 e. The second-order valence-electron chi connectivity index (χ2n) is 10.3. The number of allylic oxidation sites excluding steroid dienone is 1. The molecule has 0 spiro atoms. The van der Waals surface area contributed by atoms with Crippen LogP contribution in [0.25, 0.3) is 0 Å². The summed E-state index contributed by atoms with van der Waals surface area (Å²) in [6, 6.07) is 0.355. The molecule has 2 heterocycles. The minimum absolute atomic E-state index is 0.0182. The Morgan fingerprint density at radius 2 is 2.06 bits per heavy atom. The molecule has 0 saturated heterocycles. The molecule has 2 aliphatic heterocycles. The van der Waals surface area contributed by atoms with Gasteiger partial charge < -0.3 is 25.9 Å². The number of hydrogen-bond acceptors (Lipinski definition) is 6. The molecule has 3 unspecified atom stereocenters. The topological polar surface area (TPSA) is 94.6 Å². The van der Waals surface area contributed by atoms with Crippen molar-refractivity contribution in [3.63, 3.8) is 0 Å². The highest BCUT2D eigenvalue weighted by molar-refractivity contribution is 6.74. The van der Waals surface area contributed by atoms with Crippen LogP contribution in [0.5, 0.6) is 0 Å². The molecule has 6 N–H and O–H groups in total. The highest BCUT2D eigenvalue weighted by atomic mass is 28.4. The van der Waals surface area contributed by atoms with Crippen LogP contribution in [0.1, 0.15) is 33.6 Å². The molecule has 1 aliphatic carbocycles. The van der Waals surface area contributed by atoms with Crippen molar-refractivity contribution in [2.24, 2.45) is 11.5 Å². The number of fused-ring (bicyclic) bond motifs is 1. The van der Waals surface area contributed by atoms with Crippen LogP contribution in [0.2, 0.25) is 18.1 Å². The Morgan fingerprint density at radius 1 is 1.32 bits per heavy atom. The molecule has 0 aromatic carbocycles. The van der Waals surface area contributed by atoms with Crippen molar-refractivity contribution in [2.75, 3.05) is 13.3 Å². The van der Waals surface area contributed by atoms with E-state index in [1.54, 1.807) is 0 Å². The number of nitrogens with two attached hydrogens (primary N) is 2. The maximum atomic E-state index is 13.7. The Bertz CT molecular complexity index is 772. The molecule has 8 heteroatoms. The zero-order chi connectivity index (χ0) is 22.8. The van der Waals surface area contributed by atoms with E-state index in [0.717, 1.165) is 12.1 Å². The molecule has 3 aliphatic rings. The van der Waals surface area contributed by atoms with Crippen LogP contribution in [0.15, 0.2) is 47.3 Å². The lowest BCUT2D eigenvalue weighted by atomic mass is 9.88. The molecule has 3 rings (SSSR count). The molecule has 0 aromatic heterocycles. The van der Waals surface area contributed by atoms with E-state index in [1.807, 2.05) is 18.4 Å². The van der Waals surface area contributed by atoms with Crippen LogP contribution in [-0.2, 0) is 9.16 Å². The Hall–Kier alpha value is -1.45. The van der Waals surface area contributed by atoms with Gasteiger partial charge in [-0.2, -0.15) is 0 Å². The smallest absolute Gasteiger partial charge is 0.192 e. The van der Waals surface area contributed by atoms with Crippen LogP contribution in [-0.4, -0.2) is 52.1 Å². The van der Waals surface area contributed by atoms with E-state index in [1.165, 1.54) is 11.1 Å². The van der Waals surface area contributed by atoms with Crippen LogP contribution in [0.3, 0.4) is 0 Å². The van der Waals surface area contributed by atoms with Gasteiger partial charge in [0.05, 0.1) is 18.8 Å². The van der Waals surface area contributed by atoms with E-state index in [2.05, 4.69) is 56.7 Å². The van der Waals surface area contributed by atoms with Crippen LogP contribution in [0.4, 0.5) is 4.39 Å². The summed E-state index contributed by atoms with van der Waals surface area (Å²) in [6.07, 6.45) is 10.7. The van der Waals surface area contributed by atoms with Gasteiger partial charge in [-0.15, -0.1) is 0 Å². The molecule has 31 heavy (non-hydrogen) atoms. The Labute approximate surface area is 187 Å². The van der Waals surface area contributed by atoms with Gasteiger partial charge >= 0.3 is 0 Å². The van der Waals surface area contributed by atoms with E-state index in [0.29, 0.717) is 6.42 Å². The van der Waals surface area contributed by atoms with Crippen molar-refractivity contribution >= 4 is 8.32 Å². The third-order valence-electron chi connectivity index (χ3n) is 6.82. The standard InChI is InChI=1S/C23H39FN4O2Si/c1-23(2,3)31(4,5)30-18(12-24)14-29-21-11-16(13-27-22(21)26)20-8-6-15-10-17(25)7-9-19(15)28-20/h6-8,10,13,18-22,27-28H,9,11-12,14,25-26H2,1-5H3/t18?,19-,20-,21?,22?/m0/s1. The minimum atomic E-state index is -2.07. The van der Waals surface area contributed by atoms with E-state index in [9.17, 15) is 4.39 Å². The lowest BCUT2D eigenvalue weighted by Gasteiger charge is -2.39. The number of ether oxygens (including phenoxy) is 1. The first-order chi connectivity index (χ1) is 14.5. The summed E-state index contributed by atoms with van der Waals surface area (Å²) < 4.78 is 26.0. The van der Waals surface area contributed by atoms with Crippen LogP contribution in [0, 0.1) is 0 Å². The summed E-state index contributed by atoms with van der Waals surface area (Å²) in [5.74, 6) is 0. The first kappa shape index (κ1) is 24.2. The van der Waals surface area contributed by atoms with E-state index >= 15 is 0 Å². The Balaban J connectivity index is 1.58. The predicted octanol–water partition coefficient (Wildman–Crippen LogP) is 2.96. The lowest BCUT2D eigenvalue weighted by Crippen LogP contribution is -2.53. The second-order valence-corrected chi connectivity index (χ2v) is 15.0. The summed E-state index contributed by atoms with van der Waals surface area (Å²) in [4.78, 5) is 0. The van der Waals surface area contributed by atoms with Gasteiger partial charge in [0.2, 0.25) is 0 Å². The van der Waals surface area contributed by atoms with Crippen molar-refractivity contribution < 1.29 is 13.6 Å². The fourth-order valence-electron chi connectivity index (χ4n) is 3.82. The first-order valence-electron chi connectivity index (χ1n) is 11.2. The summed E-state index contributed by atoms with van der Waals surface area (Å²) in [6.45, 7) is 10.3. The number of halogens is 1. The molecular formula is C23H39FN4O2Si. The van der Waals surface area contributed by atoms with Gasteiger partial charge in [0, 0.05) is 24.2 Å². The molecule has 0 amide bonds. The number of hydrogen-bond donors (Lipinski definition) is 4. The van der Waals surface area contributed by atoms with Gasteiger partial charge in [0.1, 0.15) is 12.8 Å². The Kier molecular flexibility index (Phi) is 7.48. The van der Waals surface area contributed by atoms with Gasteiger partial charge in [-0.1, -0.05) is 39.0 Å². The maximum Gasteiger partial charge on any atom is 0.192 e. The molecule has 5 atom stereocenters. The van der Waals surface area contributed by atoms with Crippen molar-refractivity contribution in [3.05, 3.63) is 47.3 Å². The highest BCUT2D eigenvalue weighted by Crippen LogP contribution is 2.37. The third kappa shape index (κ3) is 5.87. The maximum absolute atomic E-state index is 13.7. The average molecular weight is 451 g/mol. The van der Waals surface area contributed by atoms with Gasteiger partial charge in [-0.05, 0) is 48.0 Å². The fraction of sp³-hybridized carbons (Fsp3) is 0.652. The molecule has 0 radical (unpaired) electrons. The summed E-state index contributed by atoms with van der Waals surface area (Å²) in [7, 11) is -2.07. The summed E-state index contributed by atoms with van der Waals surface area (Å²) >= 11 is 0. The minimum Gasteiger partial charge on any atom is -0.409 e. The van der Waals surface area contributed by atoms with Gasteiger partial charge in [0.15, 0.2) is 8.32 Å². The van der Waals surface area contributed by atoms with Crippen molar-refractivity contribution in [1.82, 2.24) is 10.6 Å². The highest BCUT2D eigenvalue weighted by Gasteiger charge is 2.39. The zero-order valence-electron chi connectivity index (χ0n) is 19.5. The normalized spacial score (nSPS) is 30.0. The zero-order valence-corrected chi connectivity index (χ0v) is 20.5. The molecule has 6 nitrogen and oxygen atoms in total. The summed E-state index contributed by atoms with van der Waals surface area (Å²) in [5, 5.41) is 6.90. The number of nitrogens with one attached hydrogen (secondary N) is 2. The molecular weight excluding hydrogens is 411 g/mol. The summed E-state index contributed by atoms with van der Waals surface area (Å²) in [5.41, 5.74) is 15.4. The van der Waals surface area contributed by atoms with Crippen LogP contribution >= 0.6 is 0 Å². The second kappa shape index (κ2) is 9.58. The number of alkyl halides is 1. The lowest BCUT2D eigenvalue weighted by molar-refractivity contribution is -0.0272. The van der Waals surface area contributed by atoms with E-state index in [4.69, 9.17) is 20.6 Å². The van der Waals surface area contributed by atoms with Gasteiger partial charge in [0.25, 0.3) is 0 Å². The van der Waals surface area contributed by atoms with Crippen LogP contribution < -0.4 is 22.1 Å². The average Bonchev–Trinajstić information content (AvgIpc) is 2.70. The molecule has 0 aromatic rings. The Morgan fingerprint density at radius 3 is 2.74 bits per heavy atom. The third-order valence-corrected chi connectivity index (χ3v) is 11.4. The van der Waals surface area contributed by atoms with Crippen molar-refractivity contribution in [2.45, 2.75) is 82.2 Å². The molecule has 0 saturated carbocycles. The fourth-order valence-corrected chi connectivity index (χ4v) is 5.14. The van der Waals surface area contributed by atoms with Gasteiger partial charge in [-0.25, -0.2) is 4.39 Å². The van der Waals surface area contributed by atoms with E-state index in [-0.39, 0.29) is 36.0 Å². The van der Waals surface area contributed by atoms with Gasteiger partial charge in [-0.3, -0.25) is 5.32 Å². The molecule has 0 fully saturated rings. The van der Waals surface area contributed by atoms with E-state index < -0.39 is 21.1 Å². The van der Waals surface area contributed by atoms with Crippen molar-refractivity contribution in [1.29, 1.82) is 0 Å². The monoisotopic (exact) mass is 450 g/mol. The number of rotatable bonds is 7.